The Balaban J connectivity index is 1.18. The van der Waals surface area contributed by atoms with Crippen LogP contribution in [-0.4, -0.2) is 55.2 Å². The summed E-state index contributed by atoms with van der Waals surface area (Å²) in [5, 5.41) is 2.99. The zero-order valence-corrected chi connectivity index (χ0v) is 16.3. The summed E-state index contributed by atoms with van der Waals surface area (Å²) in [6.07, 6.45) is 0.524. The molecule has 2 aliphatic rings. The number of nitrogens with zero attached hydrogens (tertiary/aromatic N) is 2. The number of fused-ring (bicyclic) bond motifs is 1. The molecule has 0 unspecified atom stereocenters. The molecule has 28 heavy (non-hydrogen) atoms. The molecule has 2 heterocycles. The summed E-state index contributed by atoms with van der Waals surface area (Å²) in [5.41, 5.74) is 3.27. The highest BCUT2D eigenvalue weighted by atomic mass is 16.7. The third-order valence-corrected chi connectivity index (χ3v) is 5.26. The molecule has 0 aromatic heterocycles. The minimum Gasteiger partial charge on any atom is -0.454 e. The molecule has 0 saturated carbocycles. The van der Waals surface area contributed by atoms with E-state index in [0.717, 1.165) is 62.0 Å². The predicted molar refractivity (Wildman–Crippen MR) is 109 cm³/mol. The Bertz CT molecular complexity index is 832. The van der Waals surface area contributed by atoms with Crippen LogP contribution in [0.5, 0.6) is 11.5 Å². The minimum absolute atomic E-state index is 0.0772. The molecular weight excluding hydrogens is 354 g/mol. The topological polar surface area (TPSA) is 54.0 Å². The molecule has 148 valence electrons. The first-order valence-corrected chi connectivity index (χ1v) is 9.85. The average molecular weight is 381 g/mol. The monoisotopic (exact) mass is 381 g/mol. The highest BCUT2D eigenvalue weighted by molar-refractivity contribution is 5.90. The van der Waals surface area contributed by atoms with Gasteiger partial charge in [0.15, 0.2) is 11.5 Å². The van der Waals surface area contributed by atoms with Gasteiger partial charge in [-0.15, -0.1) is 0 Å². The van der Waals surface area contributed by atoms with Gasteiger partial charge in [0.1, 0.15) is 0 Å². The lowest BCUT2D eigenvalue weighted by Crippen LogP contribution is -2.46. The standard InChI is InChI=1S/C22H27N3O3/c1-17-3-2-4-19(13-17)23-22(26)7-8-24-9-11-25(12-10-24)15-18-5-6-20-21(14-18)28-16-27-20/h2-6,13-14H,7-12,15-16H2,1H3,(H,23,26). The number of hydrogen-bond donors (Lipinski definition) is 1. The Hall–Kier alpha value is -2.57. The quantitative estimate of drug-likeness (QED) is 0.834. The molecule has 1 fully saturated rings. The molecule has 0 atom stereocenters. The summed E-state index contributed by atoms with van der Waals surface area (Å²) in [6.45, 7) is 8.05. The van der Waals surface area contributed by atoms with E-state index in [1.807, 2.05) is 37.3 Å². The van der Waals surface area contributed by atoms with E-state index in [4.69, 9.17) is 9.47 Å². The number of aryl methyl sites for hydroxylation is 1. The molecule has 0 radical (unpaired) electrons. The Labute approximate surface area is 166 Å². The second-order valence-corrected chi connectivity index (χ2v) is 7.47. The van der Waals surface area contributed by atoms with Crippen LogP contribution in [0.25, 0.3) is 0 Å². The predicted octanol–water partition coefficient (Wildman–Crippen LogP) is 2.87. The lowest BCUT2D eigenvalue weighted by molar-refractivity contribution is -0.116. The zero-order valence-electron chi connectivity index (χ0n) is 16.3. The molecule has 2 aromatic rings. The van der Waals surface area contributed by atoms with Crippen LogP contribution < -0.4 is 14.8 Å². The molecule has 1 N–H and O–H groups in total. The maximum atomic E-state index is 12.2. The van der Waals surface area contributed by atoms with Gasteiger partial charge in [0.25, 0.3) is 0 Å². The first-order valence-electron chi connectivity index (χ1n) is 9.85. The fraction of sp³-hybridized carbons (Fsp3) is 0.409. The van der Waals surface area contributed by atoms with Gasteiger partial charge in [-0.2, -0.15) is 0 Å². The molecule has 4 rings (SSSR count). The Morgan fingerprint density at radius 1 is 1.00 bits per heavy atom. The third-order valence-electron chi connectivity index (χ3n) is 5.26. The smallest absolute Gasteiger partial charge is 0.231 e. The Morgan fingerprint density at radius 3 is 2.61 bits per heavy atom. The van der Waals surface area contributed by atoms with Crippen molar-refractivity contribution in [2.24, 2.45) is 0 Å². The number of hydrogen-bond acceptors (Lipinski definition) is 5. The zero-order chi connectivity index (χ0) is 19.3. The second-order valence-electron chi connectivity index (χ2n) is 7.47. The van der Waals surface area contributed by atoms with Crippen molar-refractivity contribution in [2.75, 3.05) is 44.8 Å². The SMILES string of the molecule is Cc1cccc(NC(=O)CCN2CCN(Cc3ccc4c(c3)OCO4)CC2)c1. The van der Waals surface area contributed by atoms with Gasteiger partial charge in [0.05, 0.1) is 0 Å². The van der Waals surface area contributed by atoms with Crippen LogP contribution in [0, 0.1) is 6.92 Å². The van der Waals surface area contributed by atoms with Gasteiger partial charge >= 0.3 is 0 Å². The van der Waals surface area contributed by atoms with E-state index in [1.54, 1.807) is 0 Å². The number of benzene rings is 2. The maximum Gasteiger partial charge on any atom is 0.231 e. The van der Waals surface area contributed by atoms with Crippen LogP contribution in [0.2, 0.25) is 0 Å². The van der Waals surface area contributed by atoms with Crippen molar-refractivity contribution < 1.29 is 14.3 Å². The van der Waals surface area contributed by atoms with Crippen LogP contribution in [0.4, 0.5) is 5.69 Å². The number of ether oxygens (including phenoxy) is 2. The molecule has 6 nitrogen and oxygen atoms in total. The van der Waals surface area contributed by atoms with Gasteiger partial charge in [0.2, 0.25) is 12.7 Å². The molecule has 1 saturated heterocycles. The second kappa shape index (κ2) is 8.63. The largest absolute Gasteiger partial charge is 0.454 e. The van der Waals surface area contributed by atoms with Gasteiger partial charge in [0, 0.05) is 51.4 Å². The van der Waals surface area contributed by atoms with Gasteiger partial charge in [-0.25, -0.2) is 0 Å². The van der Waals surface area contributed by atoms with Crippen molar-refractivity contribution >= 4 is 11.6 Å². The minimum atomic E-state index is 0.0772. The summed E-state index contributed by atoms with van der Waals surface area (Å²) < 4.78 is 10.8. The van der Waals surface area contributed by atoms with Crippen molar-refractivity contribution in [2.45, 2.75) is 19.9 Å². The van der Waals surface area contributed by atoms with Crippen molar-refractivity contribution in [1.82, 2.24) is 9.80 Å². The molecule has 0 aliphatic carbocycles. The van der Waals surface area contributed by atoms with E-state index < -0.39 is 0 Å². The number of amides is 1. The van der Waals surface area contributed by atoms with E-state index >= 15 is 0 Å². The first kappa shape index (κ1) is 18.8. The summed E-state index contributed by atoms with van der Waals surface area (Å²) >= 11 is 0. The molecular formula is C22H27N3O3. The number of rotatable bonds is 6. The fourth-order valence-corrected chi connectivity index (χ4v) is 3.67. The lowest BCUT2D eigenvalue weighted by atomic mass is 10.1. The van der Waals surface area contributed by atoms with Gasteiger partial charge in [-0.1, -0.05) is 18.2 Å². The van der Waals surface area contributed by atoms with Crippen molar-refractivity contribution in [3.8, 4) is 11.5 Å². The Morgan fingerprint density at radius 2 is 1.79 bits per heavy atom. The van der Waals surface area contributed by atoms with E-state index in [0.29, 0.717) is 13.2 Å². The van der Waals surface area contributed by atoms with Crippen molar-refractivity contribution in [3.63, 3.8) is 0 Å². The summed E-state index contributed by atoms with van der Waals surface area (Å²) in [7, 11) is 0. The highest BCUT2D eigenvalue weighted by Gasteiger charge is 2.19. The van der Waals surface area contributed by atoms with Gasteiger partial charge < -0.3 is 19.7 Å². The molecule has 2 aliphatic heterocycles. The van der Waals surface area contributed by atoms with Gasteiger partial charge in [-0.05, 0) is 42.3 Å². The molecule has 1 amide bonds. The normalized spacial score (nSPS) is 16.9. The molecule has 6 heteroatoms. The van der Waals surface area contributed by atoms with E-state index in [1.165, 1.54) is 5.56 Å². The van der Waals surface area contributed by atoms with E-state index in [2.05, 4.69) is 27.2 Å². The average Bonchev–Trinajstić information content (AvgIpc) is 3.15. The Kier molecular flexibility index (Phi) is 5.78. The summed E-state index contributed by atoms with van der Waals surface area (Å²) in [4.78, 5) is 17.0. The van der Waals surface area contributed by atoms with Crippen LogP contribution in [0.15, 0.2) is 42.5 Å². The summed E-state index contributed by atoms with van der Waals surface area (Å²) in [6, 6.07) is 14.1. The van der Waals surface area contributed by atoms with Crippen LogP contribution in [-0.2, 0) is 11.3 Å². The number of nitrogens with one attached hydrogen (secondary N) is 1. The molecule has 0 spiro atoms. The maximum absolute atomic E-state index is 12.2. The van der Waals surface area contributed by atoms with E-state index in [9.17, 15) is 4.79 Å². The van der Waals surface area contributed by atoms with Crippen LogP contribution >= 0.6 is 0 Å². The van der Waals surface area contributed by atoms with Crippen LogP contribution in [0.1, 0.15) is 17.5 Å². The fourth-order valence-electron chi connectivity index (χ4n) is 3.67. The number of piperazine rings is 1. The third kappa shape index (κ3) is 4.82. The number of carbonyl (C=O) groups excluding carboxylic acids is 1. The number of carbonyl (C=O) groups is 1. The molecule has 2 aromatic carbocycles. The van der Waals surface area contributed by atoms with Crippen molar-refractivity contribution in [3.05, 3.63) is 53.6 Å². The van der Waals surface area contributed by atoms with Crippen LogP contribution in [0.3, 0.4) is 0 Å². The van der Waals surface area contributed by atoms with E-state index in [-0.39, 0.29) is 5.91 Å². The molecule has 0 bridgehead atoms. The van der Waals surface area contributed by atoms with Gasteiger partial charge in [-0.3, -0.25) is 9.69 Å². The highest BCUT2D eigenvalue weighted by Crippen LogP contribution is 2.32. The number of anilines is 1. The van der Waals surface area contributed by atoms with Crippen molar-refractivity contribution in [1.29, 1.82) is 0 Å². The summed E-state index contributed by atoms with van der Waals surface area (Å²) in [5.74, 6) is 1.75. The lowest BCUT2D eigenvalue weighted by Gasteiger charge is -2.34. The first-order chi connectivity index (χ1) is 13.7.